The highest BCUT2D eigenvalue weighted by atomic mass is 16.4. The molecule has 0 fully saturated rings. The molecule has 7 heteroatoms. The molecule has 78 valence electrons. The van der Waals surface area contributed by atoms with Gasteiger partial charge in [0.15, 0.2) is 0 Å². The Bertz CT molecular complexity index is 170. The van der Waals surface area contributed by atoms with Gasteiger partial charge in [-0.3, -0.25) is 0 Å². The molecule has 0 bridgehead atoms. The van der Waals surface area contributed by atoms with E-state index in [1.165, 1.54) is 0 Å². The Morgan fingerprint density at radius 1 is 1.15 bits per heavy atom. The molecule has 0 aliphatic rings. The van der Waals surface area contributed by atoms with Crippen LogP contribution >= 0.6 is 0 Å². The summed E-state index contributed by atoms with van der Waals surface area (Å²) in [5, 5.41) is 53.4. The van der Waals surface area contributed by atoms with Crippen LogP contribution in [0.4, 0.5) is 0 Å². The Labute approximate surface area is 73.5 Å². The van der Waals surface area contributed by atoms with E-state index in [2.05, 4.69) is 0 Å². The molecule has 0 aromatic heterocycles. The molecule has 0 aromatic rings. The van der Waals surface area contributed by atoms with Crippen LogP contribution in [0.15, 0.2) is 0 Å². The number of aliphatic hydroxyl groups is 5. The normalized spacial score (nSPS) is 20.4. The highest BCUT2D eigenvalue weighted by Crippen LogP contribution is 2.04. The zero-order chi connectivity index (χ0) is 10.6. The topological polar surface area (TPSA) is 141 Å². The number of aliphatic hydroxyl groups excluding tert-OH is 5. The fourth-order valence-electron chi connectivity index (χ4n) is 0.662. The van der Waals surface area contributed by atoms with Gasteiger partial charge >= 0.3 is 0 Å². The Balaban J connectivity index is 4.24. The van der Waals surface area contributed by atoms with Crippen LogP contribution in [0.1, 0.15) is 0 Å². The van der Waals surface area contributed by atoms with Crippen molar-refractivity contribution in [3.05, 3.63) is 0 Å². The summed E-state index contributed by atoms with van der Waals surface area (Å²) in [7, 11) is 0. The molecule has 0 aliphatic heterocycles. The highest BCUT2D eigenvalue weighted by molar-refractivity contribution is 5.70. The Hall–Kier alpha value is -0.730. The molecule has 0 amide bonds. The maximum atomic E-state index is 9.98. The lowest BCUT2D eigenvalue weighted by Gasteiger charge is -2.25. The van der Waals surface area contributed by atoms with Crippen LogP contribution in [-0.4, -0.2) is 62.5 Å². The number of rotatable bonds is 5. The number of carboxylic acids is 1. The number of carbonyl (C=O) groups is 1. The lowest BCUT2D eigenvalue weighted by molar-refractivity contribution is -0.320. The van der Waals surface area contributed by atoms with Gasteiger partial charge in [0.2, 0.25) is 0 Å². The second-order valence-corrected chi connectivity index (χ2v) is 2.49. The molecule has 0 saturated heterocycles. The fraction of sp³-hybridized carbons (Fsp3) is 0.833. The molecule has 0 rings (SSSR count). The van der Waals surface area contributed by atoms with Crippen LogP contribution in [0.5, 0.6) is 0 Å². The van der Waals surface area contributed by atoms with E-state index in [0.29, 0.717) is 0 Å². The lowest BCUT2D eigenvalue weighted by Crippen LogP contribution is -2.52. The van der Waals surface area contributed by atoms with Crippen molar-refractivity contribution in [1.82, 2.24) is 0 Å². The third-order valence-electron chi connectivity index (χ3n) is 1.50. The van der Waals surface area contributed by atoms with Crippen molar-refractivity contribution in [2.24, 2.45) is 0 Å². The average molecular weight is 195 g/mol. The monoisotopic (exact) mass is 195 g/mol. The summed E-state index contributed by atoms with van der Waals surface area (Å²) in [6, 6.07) is 0. The molecule has 4 atom stereocenters. The number of hydrogen-bond acceptors (Lipinski definition) is 7. The molecule has 0 heterocycles. The first-order valence-corrected chi connectivity index (χ1v) is 3.45. The second kappa shape index (κ2) is 5.10. The van der Waals surface area contributed by atoms with E-state index in [0.717, 1.165) is 0 Å². The van der Waals surface area contributed by atoms with Gasteiger partial charge in [0.1, 0.15) is 24.4 Å². The Morgan fingerprint density at radius 2 is 1.62 bits per heavy atom. The first kappa shape index (κ1) is 12.3. The predicted molar refractivity (Wildman–Crippen MR) is 36.1 cm³/mol. The van der Waals surface area contributed by atoms with Gasteiger partial charge in [-0.15, -0.1) is 0 Å². The second-order valence-electron chi connectivity index (χ2n) is 2.49. The summed E-state index contributed by atoms with van der Waals surface area (Å²) in [5.74, 6) is -1.98. The highest BCUT2D eigenvalue weighted by Gasteiger charge is 2.30. The molecule has 7 nitrogen and oxygen atoms in total. The van der Waals surface area contributed by atoms with Gasteiger partial charge < -0.3 is 35.4 Å². The van der Waals surface area contributed by atoms with Crippen LogP contribution in [0.2, 0.25) is 0 Å². The SMILES string of the molecule is O=C([O-])[C@@H](O)[C@H](O)[C@@H](O)[C@@H](O)CO. The molecule has 13 heavy (non-hydrogen) atoms. The van der Waals surface area contributed by atoms with Crippen LogP contribution in [-0.2, 0) is 4.79 Å². The summed E-state index contributed by atoms with van der Waals surface area (Å²) in [6.07, 6.45) is -8.08. The smallest absolute Gasteiger partial charge is 0.122 e. The maximum absolute atomic E-state index is 9.98. The standard InChI is InChI=1S/C6H12O7/c7-1-2(8)3(9)4(10)5(11)6(12)13/h2-5,7-11H,1H2,(H,12,13)/p-1/t2-,3-,4+,5-/m0/s1. The number of aliphatic carboxylic acids is 1. The first-order valence-electron chi connectivity index (χ1n) is 3.45. The quantitative estimate of drug-likeness (QED) is 0.296. The van der Waals surface area contributed by atoms with Crippen molar-refractivity contribution in [3.8, 4) is 0 Å². The third-order valence-corrected chi connectivity index (χ3v) is 1.50. The van der Waals surface area contributed by atoms with Gasteiger partial charge in [-0.1, -0.05) is 0 Å². The third kappa shape index (κ3) is 3.25. The number of hydrogen-bond donors (Lipinski definition) is 5. The maximum Gasteiger partial charge on any atom is 0.122 e. The van der Waals surface area contributed by atoms with E-state index in [-0.39, 0.29) is 0 Å². The number of carboxylic acid groups (broad SMARTS) is 1. The van der Waals surface area contributed by atoms with Crippen LogP contribution in [0.25, 0.3) is 0 Å². The molecule has 0 unspecified atom stereocenters. The summed E-state index contributed by atoms with van der Waals surface area (Å²) < 4.78 is 0. The molecule has 0 spiro atoms. The zero-order valence-corrected chi connectivity index (χ0v) is 6.57. The van der Waals surface area contributed by atoms with Gasteiger partial charge in [0.05, 0.1) is 12.6 Å². The van der Waals surface area contributed by atoms with E-state index >= 15 is 0 Å². The van der Waals surface area contributed by atoms with Crippen molar-refractivity contribution >= 4 is 5.97 Å². The van der Waals surface area contributed by atoms with Gasteiger partial charge in [0, 0.05) is 0 Å². The fourth-order valence-corrected chi connectivity index (χ4v) is 0.662. The van der Waals surface area contributed by atoms with Gasteiger partial charge in [-0.05, 0) is 0 Å². The minimum absolute atomic E-state index is 0.863. The molecule has 0 saturated carbocycles. The molecular weight excluding hydrogens is 184 g/mol. The van der Waals surface area contributed by atoms with E-state index in [1.54, 1.807) is 0 Å². The van der Waals surface area contributed by atoms with Gasteiger partial charge in [-0.25, -0.2) is 0 Å². The zero-order valence-electron chi connectivity index (χ0n) is 6.57. The first-order chi connectivity index (χ1) is 5.91. The minimum atomic E-state index is -2.31. The van der Waals surface area contributed by atoms with E-state index in [4.69, 9.17) is 25.5 Å². The van der Waals surface area contributed by atoms with Gasteiger partial charge in [-0.2, -0.15) is 0 Å². The lowest BCUT2D eigenvalue weighted by atomic mass is 10.0. The summed E-state index contributed by atoms with van der Waals surface area (Å²) in [6.45, 7) is -0.863. The van der Waals surface area contributed by atoms with Crippen LogP contribution in [0.3, 0.4) is 0 Å². The summed E-state index contributed by atoms with van der Waals surface area (Å²) in [5.41, 5.74) is 0. The summed E-state index contributed by atoms with van der Waals surface area (Å²) in [4.78, 5) is 9.98. The van der Waals surface area contributed by atoms with Crippen LogP contribution < -0.4 is 5.11 Å². The van der Waals surface area contributed by atoms with Crippen LogP contribution in [0, 0.1) is 0 Å². The van der Waals surface area contributed by atoms with E-state index in [1.807, 2.05) is 0 Å². The van der Waals surface area contributed by atoms with Gasteiger partial charge in [0.25, 0.3) is 0 Å². The molecule has 0 aromatic carbocycles. The minimum Gasteiger partial charge on any atom is -0.547 e. The predicted octanol–water partition coefficient (Wildman–Crippen LogP) is -4.83. The summed E-state index contributed by atoms with van der Waals surface area (Å²) >= 11 is 0. The molecule has 5 N–H and O–H groups in total. The van der Waals surface area contributed by atoms with Crippen molar-refractivity contribution < 1.29 is 35.4 Å². The van der Waals surface area contributed by atoms with Crippen molar-refractivity contribution in [2.45, 2.75) is 24.4 Å². The Kier molecular flexibility index (Phi) is 4.81. The van der Waals surface area contributed by atoms with Crippen molar-refractivity contribution in [2.75, 3.05) is 6.61 Å². The molecule has 0 radical (unpaired) electrons. The average Bonchev–Trinajstić information content (AvgIpc) is 2.12. The Morgan fingerprint density at radius 3 is 1.92 bits per heavy atom. The molecule has 0 aliphatic carbocycles. The largest absolute Gasteiger partial charge is 0.547 e. The number of carbonyl (C=O) groups excluding carboxylic acids is 1. The van der Waals surface area contributed by atoms with E-state index in [9.17, 15) is 9.90 Å². The van der Waals surface area contributed by atoms with Crippen molar-refractivity contribution in [1.29, 1.82) is 0 Å². The molecular formula is C6H11O7-. The van der Waals surface area contributed by atoms with E-state index < -0.39 is 37.0 Å². The van der Waals surface area contributed by atoms with Crippen molar-refractivity contribution in [3.63, 3.8) is 0 Å².